The summed E-state index contributed by atoms with van der Waals surface area (Å²) in [6.07, 6.45) is 1.82. The second-order valence-corrected chi connectivity index (χ2v) is 5.58. The molecule has 0 saturated carbocycles. The van der Waals surface area contributed by atoms with Crippen molar-refractivity contribution in [3.8, 4) is 0 Å². The molecular weight excluding hydrogens is 296 g/mol. The van der Waals surface area contributed by atoms with Crippen LogP contribution < -0.4 is 11.1 Å². The van der Waals surface area contributed by atoms with E-state index in [1.807, 2.05) is 30.3 Å². The number of hydrogen-bond acceptors (Lipinski definition) is 2. The quantitative estimate of drug-likeness (QED) is 0.910. The summed E-state index contributed by atoms with van der Waals surface area (Å²) in [5.41, 5.74) is 9.46. The SMILES string of the molecule is Cl.NCC(C(=O)NC1Cc2ccccc2C1)c1ccccc1. The van der Waals surface area contributed by atoms with Crippen molar-refractivity contribution < 1.29 is 4.79 Å². The summed E-state index contributed by atoms with van der Waals surface area (Å²) in [5.74, 6) is -0.239. The van der Waals surface area contributed by atoms with E-state index in [9.17, 15) is 4.79 Å². The number of amides is 1. The zero-order valence-corrected chi connectivity index (χ0v) is 13.2. The number of hydrogen-bond donors (Lipinski definition) is 2. The lowest BCUT2D eigenvalue weighted by molar-refractivity contribution is -0.123. The van der Waals surface area contributed by atoms with Gasteiger partial charge in [-0.1, -0.05) is 54.6 Å². The van der Waals surface area contributed by atoms with Crippen molar-refractivity contribution in [1.29, 1.82) is 0 Å². The van der Waals surface area contributed by atoms with Crippen molar-refractivity contribution in [3.63, 3.8) is 0 Å². The van der Waals surface area contributed by atoms with Crippen molar-refractivity contribution in [2.75, 3.05) is 6.54 Å². The van der Waals surface area contributed by atoms with Crippen LogP contribution in [0.1, 0.15) is 22.6 Å². The number of fused-ring (bicyclic) bond motifs is 1. The van der Waals surface area contributed by atoms with E-state index in [1.165, 1.54) is 11.1 Å². The molecule has 3 rings (SSSR count). The molecular formula is C18H21ClN2O. The number of carbonyl (C=O) groups is 1. The van der Waals surface area contributed by atoms with Crippen LogP contribution in [-0.4, -0.2) is 18.5 Å². The van der Waals surface area contributed by atoms with Crippen LogP contribution in [0.25, 0.3) is 0 Å². The Bertz CT molecular complexity index is 605. The van der Waals surface area contributed by atoms with Crippen LogP contribution in [0.5, 0.6) is 0 Å². The lowest BCUT2D eigenvalue weighted by Crippen LogP contribution is -2.40. The van der Waals surface area contributed by atoms with Crippen molar-refractivity contribution in [2.45, 2.75) is 24.8 Å². The van der Waals surface area contributed by atoms with Gasteiger partial charge in [-0.3, -0.25) is 4.79 Å². The second-order valence-electron chi connectivity index (χ2n) is 5.58. The van der Waals surface area contributed by atoms with Gasteiger partial charge in [0.25, 0.3) is 0 Å². The van der Waals surface area contributed by atoms with E-state index in [0.717, 1.165) is 18.4 Å². The third-order valence-electron chi connectivity index (χ3n) is 4.15. The predicted octanol–water partition coefficient (Wildman–Crippen LogP) is 2.43. The van der Waals surface area contributed by atoms with Gasteiger partial charge >= 0.3 is 0 Å². The van der Waals surface area contributed by atoms with Gasteiger partial charge in [0.15, 0.2) is 0 Å². The molecule has 2 aromatic rings. The van der Waals surface area contributed by atoms with Crippen LogP contribution >= 0.6 is 12.4 Å². The first-order valence-corrected chi connectivity index (χ1v) is 7.40. The molecule has 1 unspecified atom stereocenters. The minimum atomic E-state index is -0.269. The molecule has 0 heterocycles. The van der Waals surface area contributed by atoms with Gasteiger partial charge < -0.3 is 11.1 Å². The molecule has 0 saturated heterocycles. The lowest BCUT2D eigenvalue weighted by Gasteiger charge is -2.19. The topological polar surface area (TPSA) is 55.1 Å². The van der Waals surface area contributed by atoms with Crippen molar-refractivity contribution in [2.24, 2.45) is 5.73 Å². The summed E-state index contributed by atoms with van der Waals surface area (Å²) in [6.45, 7) is 0.329. The molecule has 0 bridgehead atoms. The molecule has 22 heavy (non-hydrogen) atoms. The molecule has 0 aliphatic heterocycles. The van der Waals surface area contributed by atoms with E-state index >= 15 is 0 Å². The molecule has 1 aliphatic carbocycles. The van der Waals surface area contributed by atoms with Crippen LogP contribution in [-0.2, 0) is 17.6 Å². The summed E-state index contributed by atoms with van der Waals surface area (Å²) in [6, 6.07) is 18.3. The van der Waals surface area contributed by atoms with E-state index in [0.29, 0.717) is 6.54 Å². The molecule has 4 heteroatoms. The van der Waals surface area contributed by atoms with Gasteiger partial charge in [-0.05, 0) is 29.5 Å². The first kappa shape index (κ1) is 16.5. The molecule has 0 spiro atoms. The summed E-state index contributed by atoms with van der Waals surface area (Å²) in [7, 11) is 0. The Hall–Kier alpha value is -1.84. The van der Waals surface area contributed by atoms with Gasteiger partial charge in [-0.15, -0.1) is 12.4 Å². The van der Waals surface area contributed by atoms with E-state index in [2.05, 4.69) is 29.6 Å². The standard InChI is InChI=1S/C18H20N2O.ClH/c19-12-17(13-6-2-1-3-7-13)18(21)20-16-10-14-8-4-5-9-15(14)11-16;/h1-9,16-17H,10-12,19H2,(H,20,21);1H. The fourth-order valence-electron chi connectivity index (χ4n) is 3.04. The molecule has 0 radical (unpaired) electrons. The average Bonchev–Trinajstić information content (AvgIpc) is 2.91. The highest BCUT2D eigenvalue weighted by atomic mass is 35.5. The van der Waals surface area contributed by atoms with E-state index in [4.69, 9.17) is 5.73 Å². The summed E-state index contributed by atoms with van der Waals surface area (Å²) in [4.78, 5) is 12.5. The van der Waals surface area contributed by atoms with Crippen LogP contribution in [0.15, 0.2) is 54.6 Å². The zero-order chi connectivity index (χ0) is 14.7. The Morgan fingerprint density at radius 1 is 1.05 bits per heavy atom. The fourth-order valence-corrected chi connectivity index (χ4v) is 3.04. The monoisotopic (exact) mass is 316 g/mol. The van der Waals surface area contributed by atoms with Gasteiger partial charge in [-0.25, -0.2) is 0 Å². The molecule has 0 fully saturated rings. The third-order valence-corrected chi connectivity index (χ3v) is 4.15. The summed E-state index contributed by atoms with van der Waals surface area (Å²) >= 11 is 0. The first-order valence-electron chi connectivity index (χ1n) is 7.40. The molecule has 1 aliphatic rings. The van der Waals surface area contributed by atoms with Crippen molar-refractivity contribution in [3.05, 3.63) is 71.3 Å². The number of halogens is 1. The maximum absolute atomic E-state index is 12.5. The molecule has 116 valence electrons. The summed E-state index contributed by atoms with van der Waals surface area (Å²) < 4.78 is 0. The largest absolute Gasteiger partial charge is 0.352 e. The Balaban J connectivity index is 0.00000176. The lowest BCUT2D eigenvalue weighted by atomic mass is 9.98. The van der Waals surface area contributed by atoms with Crippen LogP contribution in [0, 0.1) is 0 Å². The predicted molar refractivity (Wildman–Crippen MR) is 91.3 cm³/mol. The molecule has 3 nitrogen and oxygen atoms in total. The molecule has 0 aromatic heterocycles. The second kappa shape index (κ2) is 7.43. The van der Waals surface area contributed by atoms with Crippen molar-refractivity contribution >= 4 is 18.3 Å². The number of rotatable bonds is 4. The third kappa shape index (κ3) is 3.49. The summed E-state index contributed by atoms with van der Waals surface area (Å²) in [5, 5.41) is 3.16. The smallest absolute Gasteiger partial charge is 0.229 e. The zero-order valence-electron chi connectivity index (χ0n) is 12.4. The Morgan fingerprint density at radius 3 is 2.14 bits per heavy atom. The maximum atomic E-state index is 12.5. The van der Waals surface area contributed by atoms with Gasteiger partial charge in [0.2, 0.25) is 5.91 Å². The van der Waals surface area contributed by atoms with E-state index in [-0.39, 0.29) is 30.3 Å². The molecule has 1 atom stereocenters. The highest BCUT2D eigenvalue weighted by Gasteiger charge is 2.26. The van der Waals surface area contributed by atoms with Gasteiger partial charge in [0, 0.05) is 12.6 Å². The van der Waals surface area contributed by atoms with E-state index < -0.39 is 0 Å². The Kier molecular flexibility index (Phi) is 5.58. The van der Waals surface area contributed by atoms with Crippen LogP contribution in [0.4, 0.5) is 0 Å². The van der Waals surface area contributed by atoms with Gasteiger partial charge in [0.05, 0.1) is 5.92 Å². The molecule has 1 amide bonds. The first-order chi connectivity index (χ1) is 10.3. The number of carbonyl (C=O) groups excluding carboxylic acids is 1. The molecule has 3 N–H and O–H groups in total. The fraction of sp³-hybridized carbons (Fsp3) is 0.278. The van der Waals surface area contributed by atoms with E-state index in [1.54, 1.807) is 0 Å². The number of nitrogens with one attached hydrogen (secondary N) is 1. The van der Waals surface area contributed by atoms with Crippen molar-refractivity contribution in [1.82, 2.24) is 5.32 Å². The maximum Gasteiger partial charge on any atom is 0.229 e. The Labute approximate surface area is 137 Å². The number of benzene rings is 2. The van der Waals surface area contributed by atoms with Gasteiger partial charge in [0.1, 0.15) is 0 Å². The van der Waals surface area contributed by atoms with Crippen LogP contribution in [0.3, 0.4) is 0 Å². The highest BCUT2D eigenvalue weighted by Crippen LogP contribution is 2.22. The average molecular weight is 317 g/mol. The van der Waals surface area contributed by atoms with Gasteiger partial charge in [-0.2, -0.15) is 0 Å². The minimum Gasteiger partial charge on any atom is -0.352 e. The highest BCUT2D eigenvalue weighted by molar-refractivity contribution is 5.85. The molecule has 2 aromatic carbocycles. The normalized spacial score (nSPS) is 14.8. The Morgan fingerprint density at radius 2 is 1.59 bits per heavy atom. The van der Waals surface area contributed by atoms with Crippen LogP contribution in [0.2, 0.25) is 0 Å². The minimum absolute atomic E-state index is 0. The number of nitrogens with two attached hydrogens (primary N) is 1.